The van der Waals surface area contributed by atoms with Crippen LogP contribution in [0.25, 0.3) is 0 Å². The van der Waals surface area contributed by atoms with Gasteiger partial charge in [0.15, 0.2) is 0 Å². The van der Waals surface area contributed by atoms with E-state index in [1.165, 1.54) is 12.3 Å². The zero-order valence-corrected chi connectivity index (χ0v) is 14.8. The van der Waals surface area contributed by atoms with Crippen LogP contribution >= 0.6 is 11.6 Å². The zero-order valence-electron chi connectivity index (χ0n) is 14.1. The predicted octanol–water partition coefficient (Wildman–Crippen LogP) is 2.12. The normalized spacial score (nSPS) is 23.3. The number of anilines is 2. The second-order valence-corrected chi connectivity index (χ2v) is 6.72. The van der Waals surface area contributed by atoms with E-state index in [0.29, 0.717) is 31.0 Å². The molecule has 3 rings (SSSR count). The summed E-state index contributed by atoms with van der Waals surface area (Å²) in [4.78, 5) is 14.9. The van der Waals surface area contributed by atoms with E-state index >= 15 is 0 Å². The lowest BCUT2D eigenvalue weighted by Crippen LogP contribution is -2.49. The number of carboxylic acid groups (broad SMARTS) is 1. The second kappa shape index (κ2) is 6.82. The number of aliphatic hydroxyl groups is 1. The minimum Gasteiger partial charge on any atom is -0.478 e. The van der Waals surface area contributed by atoms with Crippen LogP contribution in [0.3, 0.4) is 0 Å². The number of aliphatic carboxylic acids is 1. The summed E-state index contributed by atoms with van der Waals surface area (Å²) in [6.07, 6.45) is -0.0539. The number of nitrogens with zero attached hydrogens (tertiary/aromatic N) is 2. The molecule has 136 valence electrons. The molecule has 2 heterocycles. The van der Waals surface area contributed by atoms with Crippen LogP contribution in [0.5, 0.6) is 0 Å². The van der Waals surface area contributed by atoms with Crippen LogP contribution < -0.4 is 15.1 Å². The Morgan fingerprint density at radius 2 is 2.20 bits per heavy atom. The van der Waals surface area contributed by atoms with Gasteiger partial charge in [0.25, 0.3) is 0 Å². The fourth-order valence-corrected chi connectivity index (χ4v) is 3.86. The van der Waals surface area contributed by atoms with Crippen molar-refractivity contribution in [3.05, 3.63) is 34.2 Å². The molecule has 0 aromatic heterocycles. The molecule has 0 radical (unpaired) electrons. The molecule has 2 atom stereocenters. The molecular weight excluding hydrogens is 349 g/mol. The monoisotopic (exact) mass is 369 g/mol. The van der Waals surface area contributed by atoms with E-state index < -0.39 is 17.9 Å². The SMILES string of the molecule is CCN1C=C(C(=O)O)C(O)c2cc(F)c(N3CCNC(C)C3)c(Cl)c21. The van der Waals surface area contributed by atoms with Crippen molar-refractivity contribution in [1.29, 1.82) is 0 Å². The lowest BCUT2D eigenvalue weighted by Gasteiger charge is -2.37. The number of fused-ring (bicyclic) bond motifs is 1. The lowest BCUT2D eigenvalue weighted by molar-refractivity contribution is -0.133. The fourth-order valence-electron chi connectivity index (χ4n) is 3.43. The number of carboxylic acids is 1. The van der Waals surface area contributed by atoms with Gasteiger partial charge in [-0.25, -0.2) is 9.18 Å². The van der Waals surface area contributed by atoms with E-state index in [-0.39, 0.29) is 22.2 Å². The first-order valence-corrected chi connectivity index (χ1v) is 8.62. The summed E-state index contributed by atoms with van der Waals surface area (Å²) in [5.41, 5.74) is 0.736. The van der Waals surface area contributed by atoms with Gasteiger partial charge in [0, 0.05) is 44.0 Å². The minimum absolute atomic E-state index is 0.177. The molecule has 6 nitrogen and oxygen atoms in total. The first kappa shape index (κ1) is 18.0. The molecule has 1 saturated heterocycles. The third kappa shape index (κ3) is 3.07. The Kier molecular flexibility index (Phi) is 4.90. The number of carbonyl (C=O) groups is 1. The molecule has 3 N–H and O–H groups in total. The number of benzene rings is 1. The largest absolute Gasteiger partial charge is 0.478 e. The molecule has 2 aliphatic rings. The van der Waals surface area contributed by atoms with Crippen LogP contribution in [0.1, 0.15) is 25.5 Å². The second-order valence-electron chi connectivity index (χ2n) is 6.34. The zero-order chi connectivity index (χ0) is 18.3. The molecule has 0 spiro atoms. The van der Waals surface area contributed by atoms with Crippen molar-refractivity contribution in [3.63, 3.8) is 0 Å². The number of piperazine rings is 1. The summed E-state index contributed by atoms with van der Waals surface area (Å²) in [6, 6.07) is 1.40. The average molecular weight is 370 g/mol. The average Bonchev–Trinajstić information content (AvgIpc) is 2.55. The molecular formula is C17H21ClFN3O3. The number of halogens is 2. The number of rotatable bonds is 3. The Balaban J connectivity index is 2.13. The Morgan fingerprint density at radius 1 is 1.48 bits per heavy atom. The third-order valence-electron chi connectivity index (χ3n) is 4.64. The van der Waals surface area contributed by atoms with Crippen LogP contribution in [-0.4, -0.2) is 48.4 Å². The highest BCUT2D eigenvalue weighted by atomic mass is 35.5. The summed E-state index contributed by atoms with van der Waals surface area (Å²) in [5, 5.41) is 23.1. The van der Waals surface area contributed by atoms with E-state index in [0.717, 1.165) is 6.54 Å². The Labute approximate surface area is 150 Å². The highest BCUT2D eigenvalue weighted by Crippen LogP contribution is 2.46. The van der Waals surface area contributed by atoms with Crippen LogP contribution in [0.4, 0.5) is 15.8 Å². The van der Waals surface area contributed by atoms with Gasteiger partial charge in [0.05, 0.1) is 22.0 Å². The molecule has 0 saturated carbocycles. The highest BCUT2D eigenvalue weighted by molar-refractivity contribution is 6.36. The maximum absolute atomic E-state index is 14.8. The van der Waals surface area contributed by atoms with Crippen molar-refractivity contribution in [2.45, 2.75) is 26.0 Å². The summed E-state index contributed by atoms with van der Waals surface area (Å²) in [7, 11) is 0. The number of nitrogens with one attached hydrogen (secondary N) is 1. The van der Waals surface area contributed by atoms with E-state index in [2.05, 4.69) is 5.32 Å². The number of hydrogen-bond acceptors (Lipinski definition) is 5. The van der Waals surface area contributed by atoms with Crippen molar-refractivity contribution in [2.24, 2.45) is 0 Å². The van der Waals surface area contributed by atoms with Crippen molar-refractivity contribution < 1.29 is 19.4 Å². The third-order valence-corrected chi connectivity index (χ3v) is 5.00. The van der Waals surface area contributed by atoms with Gasteiger partial charge in [-0.2, -0.15) is 0 Å². The molecule has 0 aliphatic carbocycles. The van der Waals surface area contributed by atoms with Crippen LogP contribution in [0.15, 0.2) is 17.8 Å². The molecule has 1 aromatic rings. The first-order chi connectivity index (χ1) is 11.8. The molecule has 2 unspecified atom stereocenters. The maximum Gasteiger partial charge on any atom is 0.336 e. The Hall–Kier alpha value is -1.83. The van der Waals surface area contributed by atoms with E-state index in [1.807, 2.05) is 18.7 Å². The molecule has 1 fully saturated rings. The van der Waals surface area contributed by atoms with Gasteiger partial charge in [-0.3, -0.25) is 0 Å². The van der Waals surface area contributed by atoms with Gasteiger partial charge in [-0.15, -0.1) is 0 Å². The topological polar surface area (TPSA) is 76.0 Å². The number of aliphatic hydroxyl groups excluding tert-OH is 1. The van der Waals surface area contributed by atoms with Gasteiger partial charge in [-0.1, -0.05) is 11.6 Å². The minimum atomic E-state index is -1.42. The van der Waals surface area contributed by atoms with Crippen LogP contribution in [-0.2, 0) is 4.79 Å². The molecule has 25 heavy (non-hydrogen) atoms. The van der Waals surface area contributed by atoms with Crippen molar-refractivity contribution in [2.75, 3.05) is 36.0 Å². The van der Waals surface area contributed by atoms with E-state index in [1.54, 1.807) is 4.90 Å². The molecule has 8 heteroatoms. The standard InChI is InChI=1S/C17H21ClFN3O3/c1-3-21-8-11(17(24)25)16(23)10-6-12(19)15(13(18)14(10)21)22-5-4-20-9(2)7-22/h6,8-9,16,20,23H,3-5,7H2,1-2H3,(H,24,25). The number of hydrogen-bond donors (Lipinski definition) is 3. The van der Waals surface area contributed by atoms with Gasteiger partial charge in [0.2, 0.25) is 0 Å². The summed E-state index contributed by atoms with van der Waals surface area (Å²) < 4.78 is 14.8. The fraction of sp³-hybridized carbons (Fsp3) is 0.471. The van der Waals surface area contributed by atoms with Gasteiger partial charge in [0.1, 0.15) is 11.9 Å². The van der Waals surface area contributed by atoms with Crippen molar-refractivity contribution in [3.8, 4) is 0 Å². The Bertz CT molecular complexity index is 740. The molecule has 2 aliphatic heterocycles. The maximum atomic E-state index is 14.8. The predicted molar refractivity (Wildman–Crippen MR) is 94.8 cm³/mol. The van der Waals surface area contributed by atoms with Gasteiger partial charge < -0.3 is 25.3 Å². The highest BCUT2D eigenvalue weighted by Gasteiger charge is 2.34. The first-order valence-electron chi connectivity index (χ1n) is 8.25. The van der Waals surface area contributed by atoms with Crippen molar-refractivity contribution in [1.82, 2.24) is 5.32 Å². The smallest absolute Gasteiger partial charge is 0.336 e. The van der Waals surface area contributed by atoms with E-state index in [9.17, 15) is 19.4 Å². The van der Waals surface area contributed by atoms with Crippen molar-refractivity contribution >= 4 is 28.9 Å². The van der Waals surface area contributed by atoms with Gasteiger partial charge in [-0.05, 0) is 19.9 Å². The quantitative estimate of drug-likeness (QED) is 0.757. The molecule has 0 amide bonds. The molecule has 0 bridgehead atoms. The van der Waals surface area contributed by atoms with E-state index in [4.69, 9.17) is 11.6 Å². The lowest BCUT2D eigenvalue weighted by atomic mass is 9.95. The summed E-state index contributed by atoms with van der Waals surface area (Å²) >= 11 is 6.55. The Morgan fingerprint density at radius 3 is 2.80 bits per heavy atom. The van der Waals surface area contributed by atoms with Gasteiger partial charge >= 0.3 is 5.97 Å². The van der Waals surface area contributed by atoms with Crippen LogP contribution in [0.2, 0.25) is 5.02 Å². The van der Waals surface area contributed by atoms with Crippen LogP contribution in [0, 0.1) is 5.82 Å². The summed E-state index contributed by atoms with van der Waals surface area (Å²) in [6.45, 7) is 6.24. The molecule has 1 aromatic carbocycles. The summed E-state index contributed by atoms with van der Waals surface area (Å²) in [5.74, 6) is -1.80.